The molecule has 1 aromatic rings. The Morgan fingerprint density at radius 1 is 1.29 bits per heavy atom. The average Bonchev–Trinajstić information content (AvgIpc) is 2.33. The highest BCUT2D eigenvalue weighted by atomic mass is 15.2. The summed E-state index contributed by atoms with van der Waals surface area (Å²) in [6, 6.07) is 2.58. The summed E-state index contributed by atoms with van der Waals surface area (Å²) >= 11 is 0. The fourth-order valence-corrected chi connectivity index (χ4v) is 1.77. The minimum atomic E-state index is 0.364. The van der Waals surface area contributed by atoms with E-state index in [4.69, 9.17) is 0 Å². The van der Waals surface area contributed by atoms with E-state index in [1.807, 2.05) is 13.8 Å². The van der Waals surface area contributed by atoms with Crippen molar-refractivity contribution in [3.8, 4) is 6.07 Å². The maximum atomic E-state index is 9.18. The fourth-order valence-electron chi connectivity index (χ4n) is 1.77. The lowest BCUT2D eigenvalue weighted by molar-refractivity contribution is 0.618. The van der Waals surface area contributed by atoms with E-state index in [2.05, 4.69) is 35.4 Å². The molecule has 0 fully saturated rings. The second kappa shape index (κ2) is 6.19. The summed E-state index contributed by atoms with van der Waals surface area (Å²) in [5, 5.41) is 20.7. The van der Waals surface area contributed by atoms with E-state index < -0.39 is 0 Å². The van der Waals surface area contributed by atoms with Gasteiger partial charge >= 0.3 is 0 Å². The van der Waals surface area contributed by atoms with Crippen molar-refractivity contribution >= 4 is 5.82 Å². The zero-order valence-corrected chi connectivity index (χ0v) is 11.0. The summed E-state index contributed by atoms with van der Waals surface area (Å²) in [5.74, 6) is 0.621. The van der Waals surface area contributed by atoms with Crippen LogP contribution in [0.1, 0.15) is 49.9 Å². The van der Waals surface area contributed by atoms with E-state index in [-0.39, 0.29) is 0 Å². The van der Waals surface area contributed by atoms with E-state index >= 15 is 0 Å². The van der Waals surface area contributed by atoms with Crippen LogP contribution in [0, 0.1) is 25.2 Å². The molecule has 0 amide bonds. The Labute approximate surface area is 103 Å². The van der Waals surface area contributed by atoms with E-state index in [0.717, 1.165) is 30.5 Å². The molecule has 0 spiro atoms. The first-order valence-corrected chi connectivity index (χ1v) is 6.14. The molecule has 0 aliphatic carbocycles. The highest BCUT2D eigenvalue weighted by Gasteiger charge is 2.13. The van der Waals surface area contributed by atoms with Crippen molar-refractivity contribution in [3.63, 3.8) is 0 Å². The molecule has 1 heterocycles. The summed E-state index contributed by atoms with van der Waals surface area (Å²) in [4.78, 5) is 0. The highest BCUT2D eigenvalue weighted by molar-refractivity contribution is 5.56. The number of nitriles is 1. The maximum absolute atomic E-state index is 9.18. The zero-order valence-electron chi connectivity index (χ0n) is 11.0. The zero-order chi connectivity index (χ0) is 12.8. The number of anilines is 1. The van der Waals surface area contributed by atoms with Gasteiger partial charge in [-0.25, -0.2) is 0 Å². The van der Waals surface area contributed by atoms with E-state index in [9.17, 15) is 5.26 Å². The summed E-state index contributed by atoms with van der Waals surface area (Å²) in [7, 11) is 0. The monoisotopic (exact) mass is 232 g/mol. The van der Waals surface area contributed by atoms with Crippen LogP contribution in [0.15, 0.2) is 0 Å². The van der Waals surface area contributed by atoms with Crippen molar-refractivity contribution in [2.24, 2.45) is 0 Å². The van der Waals surface area contributed by atoms with Gasteiger partial charge in [0.05, 0.1) is 5.69 Å². The first-order valence-electron chi connectivity index (χ1n) is 6.14. The number of nitrogens with one attached hydrogen (secondary N) is 1. The van der Waals surface area contributed by atoms with Crippen LogP contribution in [0.3, 0.4) is 0 Å². The van der Waals surface area contributed by atoms with Crippen molar-refractivity contribution in [3.05, 3.63) is 16.8 Å². The normalized spacial score (nSPS) is 11.9. The standard InChI is InChI=1S/C13H20N4/c1-5-7-11(6-2)15-13-12(8-14)9(3)10(4)16-17-13/h11H,5-7H2,1-4H3,(H,15,17). The number of rotatable bonds is 5. The smallest absolute Gasteiger partial charge is 0.167 e. The molecule has 0 saturated heterocycles. The molecule has 0 aliphatic rings. The molecule has 4 nitrogen and oxygen atoms in total. The van der Waals surface area contributed by atoms with Gasteiger partial charge in [-0.15, -0.1) is 5.10 Å². The van der Waals surface area contributed by atoms with Crippen LogP contribution in [0.4, 0.5) is 5.82 Å². The minimum absolute atomic E-state index is 0.364. The quantitative estimate of drug-likeness (QED) is 0.847. The average molecular weight is 232 g/mol. The Morgan fingerprint density at radius 2 is 2.00 bits per heavy atom. The second-order valence-electron chi connectivity index (χ2n) is 4.28. The lowest BCUT2D eigenvalue weighted by atomic mass is 10.1. The van der Waals surface area contributed by atoms with E-state index in [1.54, 1.807) is 0 Å². The molecule has 1 aromatic heterocycles. The van der Waals surface area contributed by atoms with Gasteiger partial charge in [-0.2, -0.15) is 10.4 Å². The topological polar surface area (TPSA) is 61.6 Å². The van der Waals surface area contributed by atoms with Crippen molar-refractivity contribution in [2.45, 2.75) is 53.0 Å². The summed E-state index contributed by atoms with van der Waals surface area (Å²) < 4.78 is 0. The summed E-state index contributed by atoms with van der Waals surface area (Å²) in [6.45, 7) is 8.07. The Hall–Kier alpha value is -1.63. The molecule has 0 radical (unpaired) electrons. The van der Waals surface area contributed by atoms with Gasteiger partial charge in [-0.3, -0.25) is 0 Å². The molecule has 1 N–H and O–H groups in total. The van der Waals surface area contributed by atoms with Crippen LogP contribution in [-0.4, -0.2) is 16.2 Å². The Balaban J connectivity index is 2.99. The predicted molar refractivity (Wildman–Crippen MR) is 68.8 cm³/mol. The third-order valence-corrected chi connectivity index (χ3v) is 3.04. The molecule has 1 atom stereocenters. The molecule has 4 heteroatoms. The van der Waals surface area contributed by atoms with E-state index in [1.165, 1.54) is 0 Å². The number of hydrogen-bond acceptors (Lipinski definition) is 4. The Morgan fingerprint density at radius 3 is 2.53 bits per heavy atom. The molecule has 0 aliphatic heterocycles. The summed E-state index contributed by atoms with van der Waals surface area (Å²) in [6.07, 6.45) is 3.22. The van der Waals surface area contributed by atoms with Crippen molar-refractivity contribution in [2.75, 3.05) is 5.32 Å². The number of hydrogen-bond donors (Lipinski definition) is 1. The van der Waals surface area contributed by atoms with Crippen LogP contribution >= 0.6 is 0 Å². The fraction of sp³-hybridized carbons (Fsp3) is 0.615. The van der Waals surface area contributed by atoms with Crippen LogP contribution in [0.25, 0.3) is 0 Å². The van der Waals surface area contributed by atoms with Gasteiger partial charge < -0.3 is 5.32 Å². The first-order chi connectivity index (χ1) is 8.13. The van der Waals surface area contributed by atoms with Crippen molar-refractivity contribution in [1.82, 2.24) is 10.2 Å². The number of aromatic nitrogens is 2. The Bertz CT molecular complexity index is 420. The molecule has 92 valence electrons. The molecule has 1 rings (SSSR count). The van der Waals surface area contributed by atoms with Crippen molar-refractivity contribution in [1.29, 1.82) is 5.26 Å². The van der Waals surface area contributed by atoms with Crippen LogP contribution in [-0.2, 0) is 0 Å². The van der Waals surface area contributed by atoms with E-state index in [0.29, 0.717) is 17.4 Å². The maximum Gasteiger partial charge on any atom is 0.167 e. The van der Waals surface area contributed by atoms with Gasteiger partial charge in [0.1, 0.15) is 11.6 Å². The molecule has 0 bridgehead atoms. The molecular formula is C13H20N4. The van der Waals surface area contributed by atoms with Gasteiger partial charge in [0.2, 0.25) is 0 Å². The van der Waals surface area contributed by atoms with Gasteiger partial charge in [0.15, 0.2) is 5.82 Å². The largest absolute Gasteiger partial charge is 0.365 e. The first kappa shape index (κ1) is 13.4. The van der Waals surface area contributed by atoms with Gasteiger partial charge in [0.25, 0.3) is 0 Å². The molecule has 0 aromatic carbocycles. The van der Waals surface area contributed by atoms with Gasteiger partial charge in [0, 0.05) is 6.04 Å². The molecular weight excluding hydrogens is 212 g/mol. The van der Waals surface area contributed by atoms with Crippen molar-refractivity contribution < 1.29 is 0 Å². The Kier molecular flexibility index (Phi) is 4.89. The number of aryl methyl sites for hydroxylation is 1. The predicted octanol–water partition coefficient (Wildman–Crippen LogP) is 2.96. The summed E-state index contributed by atoms with van der Waals surface area (Å²) in [5.41, 5.74) is 2.35. The lowest BCUT2D eigenvalue weighted by Gasteiger charge is -2.17. The van der Waals surface area contributed by atoms with Gasteiger partial charge in [-0.1, -0.05) is 20.3 Å². The molecule has 0 saturated carbocycles. The third kappa shape index (κ3) is 3.16. The third-order valence-electron chi connectivity index (χ3n) is 3.04. The lowest BCUT2D eigenvalue weighted by Crippen LogP contribution is -2.20. The molecule has 1 unspecified atom stereocenters. The minimum Gasteiger partial charge on any atom is -0.365 e. The second-order valence-corrected chi connectivity index (χ2v) is 4.28. The van der Waals surface area contributed by atoms with Gasteiger partial charge in [-0.05, 0) is 32.3 Å². The number of nitrogens with zero attached hydrogens (tertiary/aromatic N) is 3. The molecule has 17 heavy (non-hydrogen) atoms. The highest BCUT2D eigenvalue weighted by Crippen LogP contribution is 2.19. The SMILES string of the molecule is CCCC(CC)Nc1nnc(C)c(C)c1C#N. The van der Waals surface area contributed by atoms with Crippen LogP contribution < -0.4 is 5.32 Å². The van der Waals surface area contributed by atoms with Crippen LogP contribution in [0.5, 0.6) is 0 Å². The van der Waals surface area contributed by atoms with Crippen LogP contribution in [0.2, 0.25) is 0 Å².